The zero-order chi connectivity index (χ0) is 22.2. The molecule has 0 atom stereocenters. The number of rotatable bonds is 4. The predicted molar refractivity (Wildman–Crippen MR) is 110 cm³/mol. The van der Waals surface area contributed by atoms with E-state index in [1.165, 1.54) is 39.6 Å². The minimum Gasteiger partial charge on any atom is -0.484 e. The van der Waals surface area contributed by atoms with Gasteiger partial charge in [-0.3, -0.25) is 4.79 Å². The van der Waals surface area contributed by atoms with Crippen molar-refractivity contribution in [2.45, 2.75) is 17.9 Å². The quantitative estimate of drug-likeness (QED) is 0.513. The van der Waals surface area contributed by atoms with Crippen LogP contribution in [0.15, 0.2) is 47.6 Å². The van der Waals surface area contributed by atoms with E-state index in [9.17, 15) is 18.0 Å². The molecule has 0 spiro atoms. The van der Waals surface area contributed by atoms with E-state index in [2.05, 4.69) is 10.2 Å². The van der Waals surface area contributed by atoms with Crippen LogP contribution in [0, 0.1) is 0 Å². The van der Waals surface area contributed by atoms with Crippen LogP contribution < -0.4 is 9.75 Å². The lowest BCUT2D eigenvalue weighted by atomic mass is 10.1. The number of fused-ring (bicyclic) bond motifs is 1. The summed E-state index contributed by atoms with van der Waals surface area (Å²) in [6.45, 7) is 0.0456. The second kappa shape index (κ2) is 8.60. The first-order valence-corrected chi connectivity index (χ1v) is 10.6. The lowest BCUT2D eigenvalue weighted by Crippen LogP contribution is -2.46. The minimum atomic E-state index is -4.66. The van der Waals surface area contributed by atoms with Crippen molar-refractivity contribution in [2.75, 3.05) is 17.3 Å². The van der Waals surface area contributed by atoms with Crippen molar-refractivity contribution in [1.82, 2.24) is 14.9 Å². The van der Waals surface area contributed by atoms with E-state index in [1.807, 2.05) is 0 Å². The van der Waals surface area contributed by atoms with Crippen molar-refractivity contribution < 1.29 is 22.7 Å². The number of alkyl halides is 3. The molecule has 1 aliphatic heterocycles. The van der Waals surface area contributed by atoms with Crippen molar-refractivity contribution >= 4 is 40.9 Å². The van der Waals surface area contributed by atoms with Crippen LogP contribution in [0.2, 0.25) is 10.0 Å². The summed E-state index contributed by atoms with van der Waals surface area (Å²) in [7, 11) is 0. The largest absolute Gasteiger partial charge is 0.484 e. The van der Waals surface area contributed by atoms with Gasteiger partial charge < -0.3 is 4.74 Å². The number of nitrogens with zero attached hydrogens (tertiary/aromatic N) is 4. The Morgan fingerprint density at radius 2 is 1.94 bits per heavy atom. The highest BCUT2D eigenvalue weighted by Gasteiger charge is 2.37. The summed E-state index contributed by atoms with van der Waals surface area (Å²) in [5.74, 6) is 0.182. The number of aromatic nitrogens is 3. The first kappa shape index (κ1) is 21.8. The van der Waals surface area contributed by atoms with Gasteiger partial charge in [0.05, 0.1) is 22.7 Å². The fourth-order valence-electron chi connectivity index (χ4n) is 3.02. The third-order valence-electron chi connectivity index (χ3n) is 4.40. The van der Waals surface area contributed by atoms with Gasteiger partial charge in [-0.1, -0.05) is 47.1 Å². The summed E-state index contributed by atoms with van der Waals surface area (Å²) in [4.78, 5) is 13.1. The van der Waals surface area contributed by atoms with Crippen molar-refractivity contribution in [3.63, 3.8) is 0 Å². The van der Waals surface area contributed by atoms with Gasteiger partial charge in [-0.2, -0.15) is 13.2 Å². The number of halogens is 5. The molecule has 3 aromatic rings. The molecule has 4 rings (SSSR count). The molecular weight excluding hydrogens is 476 g/mol. The van der Waals surface area contributed by atoms with Crippen LogP contribution in [0.3, 0.4) is 0 Å². The van der Waals surface area contributed by atoms with Gasteiger partial charge in [-0.05, 0) is 24.3 Å². The molecule has 1 aromatic heterocycles. The van der Waals surface area contributed by atoms with E-state index in [4.69, 9.17) is 27.9 Å². The number of carbonyl (C=O) groups excluding carboxylic acids is 1. The first-order valence-electron chi connectivity index (χ1n) is 8.89. The molecule has 31 heavy (non-hydrogen) atoms. The Hall–Kier alpha value is -2.43. The predicted octanol–water partition coefficient (Wildman–Crippen LogP) is 5.07. The van der Waals surface area contributed by atoms with Crippen LogP contribution in [0.5, 0.6) is 5.75 Å². The van der Waals surface area contributed by atoms with Crippen LogP contribution in [-0.2, 0) is 12.8 Å². The van der Waals surface area contributed by atoms with E-state index in [-0.39, 0.29) is 19.0 Å². The highest BCUT2D eigenvalue weighted by Crippen LogP contribution is 2.33. The number of hydrogen-bond donors (Lipinski definition) is 0. The Bertz CT molecular complexity index is 1140. The van der Waals surface area contributed by atoms with Gasteiger partial charge in [0.1, 0.15) is 12.4 Å². The van der Waals surface area contributed by atoms with Crippen molar-refractivity contribution in [3.8, 4) is 5.75 Å². The summed E-state index contributed by atoms with van der Waals surface area (Å²) < 4.78 is 47.3. The first-order chi connectivity index (χ1) is 14.8. The minimum absolute atomic E-state index is 0.127. The zero-order valence-electron chi connectivity index (χ0n) is 15.6. The van der Waals surface area contributed by atoms with Gasteiger partial charge in [0.25, 0.3) is 5.91 Å². The van der Waals surface area contributed by atoms with E-state index >= 15 is 0 Å². The molecule has 2 aromatic carbocycles. The molecule has 162 valence electrons. The molecule has 0 N–H and O–H groups in total. The second-order valence-corrected chi connectivity index (χ2v) is 8.30. The fourth-order valence-corrected chi connectivity index (χ4v) is 4.23. The van der Waals surface area contributed by atoms with E-state index in [1.54, 1.807) is 12.1 Å². The van der Waals surface area contributed by atoms with Gasteiger partial charge in [0.15, 0.2) is 5.82 Å². The second-order valence-electron chi connectivity index (χ2n) is 6.39. The van der Waals surface area contributed by atoms with Crippen LogP contribution in [0.4, 0.5) is 13.2 Å². The highest BCUT2D eigenvalue weighted by molar-refractivity contribution is 7.99. The van der Waals surface area contributed by atoms with E-state index < -0.39 is 23.2 Å². The van der Waals surface area contributed by atoms with Crippen molar-refractivity contribution in [3.05, 3.63) is 69.5 Å². The highest BCUT2D eigenvalue weighted by atomic mass is 35.5. The Kier molecular flexibility index (Phi) is 6.05. The van der Waals surface area contributed by atoms with E-state index in [0.717, 1.165) is 12.1 Å². The number of hydrogen-bond acceptors (Lipinski definition) is 5. The normalized spacial score (nSPS) is 13.8. The van der Waals surface area contributed by atoms with Gasteiger partial charge in [0.2, 0.25) is 5.16 Å². The molecule has 0 radical (unpaired) electrons. The lowest BCUT2D eigenvalue weighted by Gasteiger charge is -2.30. The summed E-state index contributed by atoms with van der Waals surface area (Å²) >= 11 is 13.4. The van der Waals surface area contributed by atoms with Crippen LogP contribution in [0.25, 0.3) is 0 Å². The van der Waals surface area contributed by atoms with Crippen LogP contribution in [-0.4, -0.2) is 33.1 Å². The maximum absolute atomic E-state index is 13.4. The number of benzene rings is 2. The standard InChI is InChI=1S/C19H13Cl2F3N4O2S/c20-11-5-6-14(21)15(9-11)30-10-16-25-26-18-28(16)27(7-8-31-18)17(29)12-3-1-2-4-13(12)19(22,23)24/h1-6,9H,7-8,10H2. The summed E-state index contributed by atoms with van der Waals surface area (Å²) in [6.07, 6.45) is -4.66. The number of carbonyl (C=O) groups is 1. The van der Waals surface area contributed by atoms with Gasteiger partial charge in [0, 0.05) is 16.8 Å². The van der Waals surface area contributed by atoms with Gasteiger partial charge in [-0.15, -0.1) is 10.2 Å². The number of thioether (sulfide) groups is 1. The molecule has 0 fully saturated rings. The van der Waals surface area contributed by atoms with Gasteiger partial charge >= 0.3 is 6.18 Å². The summed E-state index contributed by atoms with van der Waals surface area (Å²) in [6, 6.07) is 9.35. The van der Waals surface area contributed by atoms with Gasteiger partial charge in [-0.25, -0.2) is 9.69 Å². The molecule has 6 nitrogen and oxygen atoms in total. The SMILES string of the molecule is O=C(c1ccccc1C(F)(F)F)N1CCSc2nnc(COc3cc(Cl)ccc3Cl)n21. The Morgan fingerprint density at radius 3 is 2.71 bits per heavy atom. The molecule has 1 aliphatic rings. The molecule has 0 saturated heterocycles. The third kappa shape index (κ3) is 4.46. The monoisotopic (exact) mass is 488 g/mol. The molecule has 12 heteroatoms. The maximum Gasteiger partial charge on any atom is 0.417 e. The van der Waals surface area contributed by atoms with Crippen molar-refractivity contribution in [1.29, 1.82) is 0 Å². The Balaban J connectivity index is 1.65. The molecule has 0 saturated carbocycles. The maximum atomic E-state index is 13.4. The molecule has 0 unspecified atom stereocenters. The Labute approximate surface area is 188 Å². The topological polar surface area (TPSA) is 60.3 Å². The number of ether oxygens (including phenoxy) is 1. The Morgan fingerprint density at radius 1 is 1.16 bits per heavy atom. The molecule has 0 bridgehead atoms. The van der Waals surface area contributed by atoms with Crippen LogP contribution >= 0.6 is 35.0 Å². The summed E-state index contributed by atoms with van der Waals surface area (Å²) in [5, 5.41) is 10.4. The van der Waals surface area contributed by atoms with Crippen LogP contribution in [0.1, 0.15) is 21.7 Å². The molecule has 2 heterocycles. The average Bonchev–Trinajstić information content (AvgIpc) is 3.16. The fraction of sp³-hybridized carbons (Fsp3) is 0.211. The van der Waals surface area contributed by atoms with E-state index in [0.29, 0.717) is 26.7 Å². The summed E-state index contributed by atoms with van der Waals surface area (Å²) in [5.41, 5.74) is -1.46. The molecular formula is C19H13Cl2F3N4O2S. The lowest BCUT2D eigenvalue weighted by molar-refractivity contribution is -0.137. The number of amides is 1. The molecule has 0 aliphatic carbocycles. The average molecular weight is 489 g/mol. The van der Waals surface area contributed by atoms with Crippen molar-refractivity contribution in [2.24, 2.45) is 0 Å². The zero-order valence-corrected chi connectivity index (χ0v) is 17.9. The third-order valence-corrected chi connectivity index (χ3v) is 5.85. The molecule has 1 amide bonds. The smallest absolute Gasteiger partial charge is 0.417 e.